The highest BCUT2D eigenvalue weighted by Crippen LogP contribution is 2.35. The summed E-state index contributed by atoms with van der Waals surface area (Å²) in [6.45, 7) is 0.171. The molecule has 3 aromatic carbocycles. The first-order valence-electron chi connectivity index (χ1n) is 9.77. The molecule has 0 aliphatic carbocycles. The van der Waals surface area contributed by atoms with Crippen LogP contribution in [0.25, 0.3) is 6.08 Å². The Labute approximate surface area is 218 Å². The molecule has 3 aromatic rings. The lowest BCUT2D eigenvalue weighted by molar-refractivity contribution is -0.122. The van der Waals surface area contributed by atoms with Gasteiger partial charge in [-0.05, 0) is 81.7 Å². The molecule has 0 spiro atoms. The lowest BCUT2D eigenvalue weighted by Crippen LogP contribution is -2.54. The predicted octanol–water partition coefficient (Wildman–Crippen LogP) is 6.31. The van der Waals surface area contributed by atoms with Gasteiger partial charge in [-0.15, -0.1) is 0 Å². The fourth-order valence-corrected chi connectivity index (χ4v) is 4.38. The van der Waals surface area contributed by atoms with Crippen molar-refractivity contribution in [2.24, 2.45) is 0 Å². The first kappa shape index (κ1) is 24.3. The van der Waals surface area contributed by atoms with Crippen LogP contribution in [-0.4, -0.2) is 16.9 Å². The number of hydrogen-bond donors (Lipinski definition) is 1. The normalized spacial score (nSPS) is 15.0. The molecule has 1 aliphatic rings. The minimum absolute atomic E-state index is 0.0985. The number of amides is 2. The van der Waals surface area contributed by atoms with Gasteiger partial charge < -0.3 is 4.74 Å². The number of halogens is 4. The maximum Gasteiger partial charge on any atom is 0.270 e. The second kappa shape index (κ2) is 10.2. The van der Waals surface area contributed by atoms with Crippen molar-refractivity contribution in [3.8, 4) is 5.75 Å². The quantitative estimate of drug-likeness (QED) is 0.219. The third-order valence-electron chi connectivity index (χ3n) is 4.82. The molecule has 0 atom stereocenters. The van der Waals surface area contributed by atoms with E-state index < -0.39 is 11.8 Å². The molecule has 1 saturated heterocycles. The summed E-state index contributed by atoms with van der Waals surface area (Å²) >= 11 is 21.0. The topological polar surface area (TPSA) is 58.6 Å². The molecule has 10 heteroatoms. The average Bonchev–Trinajstić information content (AvgIpc) is 2.79. The van der Waals surface area contributed by atoms with Gasteiger partial charge in [0.05, 0.1) is 20.2 Å². The predicted molar refractivity (Wildman–Crippen MR) is 138 cm³/mol. The molecule has 172 valence electrons. The molecule has 34 heavy (non-hydrogen) atoms. The van der Waals surface area contributed by atoms with Crippen LogP contribution in [0.2, 0.25) is 10.0 Å². The number of anilines is 1. The Kier molecular flexibility index (Phi) is 7.33. The Morgan fingerprint density at radius 1 is 1.09 bits per heavy atom. The summed E-state index contributed by atoms with van der Waals surface area (Å²) < 4.78 is 19.7. The zero-order valence-electron chi connectivity index (χ0n) is 17.2. The summed E-state index contributed by atoms with van der Waals surface area (Å²) in [5.74, 6) is -1.10. The zero-order valence-corrected chi connectivity index (χ0v) is 21.1. The van der Waals surface area contributed by atoms with Gasteiger partial charge in [-0.3, -0.25) is 19.8 Å². The summed E-state index contributed by atoms with van der Waals surface area (Å²) in [4.78, 5) is 26.9. The zero-order chi connectivity index (χ0) is 24.4. The standard InChI is InChI=1S/C24H14BrCl2FN2O3S/c25-17-11-13(7-8-20(17)33-12-14-3-1-4-15(28)9-14)10-16-22(31)29-24(34)30(23(16)32)19-6-2-5-18(26)21(19)27/h1-11H,12H2,(H,29,31,34)/b16-10+. The van der Waals surface area contributed by atoms with Gasteiger partial charge >= 0.3 is 0 Å². The van der Waals surface area contributed by atoms with E-state index >= 15 is 0 Å². The monoisotopic (exact) mass is 578 g/mol. The molecular weight excluding hydrogens is 566 g/mol. The van der Waals surface area contributed by atoms with Crippen molar-refractivity contribution >= 4 is 80.0 Å². The van der Waals surface area contributed by atoms with E-state index in [-0.39, 0.29) is 38.8 Å². The van der Waals surface area contributed by atoms with Crippen LogP contribution in [0.5, 0.6) is 5.75 Å². The fourth-order valence-electron chi connectivity index (χ4n) is 3.22. The molecule has 1 aliphatic heterocycles. The Balaban J connectivity index is 1.59. The van der Waals surface area contributed by atoms with Crippen LogP contribution >= 0.6 is 51.3 Å². The average molecular weight is 580 g/mol. The largest absolute Gasteiger partial charge is 0.488 e. The molecule has 1 heterocycles. The number of carbonyl (C=O) groups excluding carboxylic acids is 2. The Bertz CT molecular complexity index is 1370. The highest BCUT2D eigenvalue weighted by Gasteiger charge is 2.35. The molecule has 5 nitrogen and oxygen atoms in total. The van der Waals surface area contributed by atoms with Crippen molar-refractivity contribution < 1.29 is 18.7 Å². The van der Waals surface area contributed by atoms with Crippen molar-refractivity contribution in [1.82, 2.24) is 5.32 Å². The highest BCUT2D eigenvalue weighted by atomic mass is 79.9. The number of thiocarbonyl (C=S) groups is 1. The van der Waals surface area contributed by atoms with E-state index in [1.807, 2.05) is 0 Å². The first-order chi connectivity index (χ1) is 16.2. The second-order valence-electron chi connectivity index (χ2n) is 7.14. The maximum atomic E-state index is 13.4. The minimum Gasteiger partial charge on any atom is -0.488 e. The number of nitrogens with zero attached hydrogens (tertiary/aromatic N) is 1. The Hall–Kier alpha value is -2.78. The van der Waals surface area contributed by atoms with Gasteiger partial charge in [0.25, 0.3) is 11.8 Å². The molecule has 0 radical (unpaired) electrons. The molecule has 0 saturated carbocycles. The number of benzene rings is 3. The van der Waals surface area contributed by atoms with E-state index in [0.29, 0.717) is 21.3 Å². The SMILES string of the molecule is O=C1NC(=S)N(c2cccc(Cl)c2Cl)C(=O)/C1=C/c1ccc(OCc2cccc(F)c2)c(Br)c1. The van der Waals surface area contributed by atoms with Crippen LogP contribution in [0.4, 0.5) is 10.1 Å². The molecule has 1 N–H and O–H groups in total. The highest BCUT2D eigenvalue weighted by molar-refractivity contribution is 9.10. The molecule has 4 rings (SSSR count). The minimum atomic E-state index is -0.638. The number of hydrogen-bond acceptors (Lipinski definition) is 4. The maximum absolute atomic E-state index is 13.4. The summed E-state index contributed by atoms with van der Waals surface area (Å²) in [5.41, 5.74) is 1.37. The van der Waals surface area contributed by atoms with Gasteiger partial charge in [-0.1, -0.05) is 47.5 Å². The van der Waals surface area contributed by atoms with Crippen LogP contribution in [0.3, 0.4) is 0 Å². The molecule has 2 amide bonds. The van der Waals surface area contributed by atoms with Crippen molar-refractivity contribution in [2.75, 3.05) is 4.90 Å². The van der Waals surface area contributed by atoms with Gasteiger partial charge in [0.15, 0.2) is 5.11 Å². The van der Waals surface area contributed by atoms with Crippen LogP contribution in [0, 0.1) is 5.82 Å². The van der Waals surface area contributed by atoms with E-state index in [4.69, 9.17) is 40.2 Å². The van der Waals surface area contributed by atoms with E-state index in [1.165, 1.54) is 18.2 Å². The van der Waals surface area contributed by atoms with Crippen molar-refractivity contribution in [2.45, 2.75) is 6.61 Å². The summed E-state index contributed by atoms with van der Waals surface area (Å²) in [6, 6.07) is 15.9. The van der Waals surface area contributed by atoms with E-state index in [9.17, 15) is 14.0 Å². The van der Waals surface area contributed by atoms with Gasteiger partial charge in [-0.25, -0.2) is 4.39 Å². The summed E-state index contributed by atoms with van der Waals surface area (Å²) in [6.07, 6.45) is 1.44. The lowest BCUT2D eigenvalue weighted by atomic mass is 10.1. The molecular formula is C24H14BrCl2FN2O3S. The Morgan fingerprint density at radius 2 is 1.85 bits per heavy atom. The third kappa shape index (κ3) is 5.15. The van der Waals surface area contributed by atoms with Crippen LogP contribution in [-0.2, 0) is 16.2 Å². The van der Waals surface area contributed by atoms with Crippen molar-refractivity contribution in [3.05, 3.63) is 97.7 Å². The first-order valence-corrected chi connectivity index (χ1v) is 11.7. The molecule has 0 unspecified atom stereocenters. The number of nitrogens with one attached hydrogen (secondary N) is 1. The van der Waals surface area contributed by atoms with Gasteiger partial charge in [0.1, 0.15) is 23.7 Å². The number of carbonyl (C=O) groups is 2. The summed E-state index contributed by atoms with van der Waals surface area (Å²) in [7, 11) is 0. The van der Waals surface area contributed by atoms with Crippen molar-refractivity contribution in [3.63, 3.8) is 0 Å². The lowest BCUT2D eigenvalue weighted by Gasteiger charge is -2.29. The van der Waals surface area contributed by atoms with Crippen LogP contribution in [0.15, 0.2) is 70.7 Å². The van der Waals surface area contributed by atoms with Gasteiger partial charge in [-0.2, -0.15) is 0 Å². The van der Waals surface area contributed by atoms with Gasteiger partial charge in [0.2, 0.25) is 0 Å². The van der Waals surface area contributed by atoms with E-state index in [2.05, 4.69) is 21.2 Å². The molecule has 0 aromatic heterocycles. The number of rotatable bonds is 5. The van der Waals surface area contributed by atoms with Gasteiger partial charge in [0, 0.05) is 0 Å². The fraction of sp³-hybridized carbons (Fsp3) is 0.0417. The second-order valence-corrected chi connectivity index (χ2v) is 9.17. The van der Waals surface area contributed by atoms with Crippen LogP contribution < -0.4 is 15.0 Å². The van der Waals surface area contributed by atoms with Crippen molar-refractivity contribution in [1.29, 1.82) is 0 Å². The van der Waals surface area contributed by atoms with E-state index in [0.717, 1.165) is 4.90 Å². The Morgan fingerprint density at radius 3 is 2.59 bits per heavy atom. The molecule has 1 fully saturated rings. The smallest absolute Gasteiger partial charge is 0.270 e. The van der Waals surface area contributed by atoms with E-state index in [1.54, 1.807) is 48.5 Å². The molecule has 0 bridgehead atoms. The third-order valence-corrected chi connectivity index (χ3v) is 6.54. The number of ether oxygens (including phenoxy) is 1. The van der Waals surface area contributed by atoms with Crippen LogP contribution in [0.1, 0.15) is 11.1 Å². The summed E-state index contributed by atoms with van der Waals surface area (Å²) in [5, 5.41) is 2.79.